The van der Waals surface area contributed by atoms with Crippen LogP contribution >= 0.6 is 0 Å². The van der Waals surface area contributed by atoms with Gasteiger partial charge >= 0.3 is 0 Å². The summed E-state index contributed by atoms with van der Waals surface area (Å²) < 4.78 is 0. The van der Waals surface area contributed by atoms with Gasteiger partial charge in [-0.15, -0.1) is 0 Å². The maximum Gasteiger partial charge on any atom is 0.00105 e. The minimum atomic E-state index is 0.376. The molecule has 0 aliphatic heterocycles. The molecule has 1 nitrogen and oxygen atoms in total. The highest BCUT2D eigenvalue weighted by Gasteiger charge is 2.09. The molecular formula is C10H23N. The van der Waals surface area contributed by atoms with Crippen molar-refractivity contribution in [2.45, 2.75) is 53.0 Å². The average Bonchev–Trinajstić information content (AvgIpc) is 1.98. The minimum Gasteiger partial charge on any atom is -0.328 e. The standard InChI is InChI=1S/C10H23N/c1-5-8(2)9(3)6-7-10(4)11/h8-10H,5-7,11H2,1-4H3. The van der Waals surface area contributed by atoms with Crippen molar-refractivity contribution in [3.8, 4) is 0 Å². The Morgan fingerprint density at radius 1 is 1.00 bits per heavy atom. The molecule has 0 fully saturated rings. The van der Waals surface area contributed by atoms with Gasteiger partial charge in [-0.3, -0.25) is 0 Å². The van der Waals surface area contributed by atoms with Gasteiger partial charge in [-0.2, -0.15) is 0 Å². The van der Waals surface area contributed by atoms with E-state index in [1.165, 1.54) is 19.3 Å². The predicted molar refractivity (Wildman–Crippen MR) is 51.5 cm³/mol. The minimum absolute atomic E-state index is 0.376. The van der Waals surface area contributed by atoms with Crippen LogP contribution in [0.5, 0.6) is 0 Å². The van der Waals surface area contributed by atoms with Crippen molar-refractivity contribution in [1.29, 1.82) is 0 Å². The Morgan fingerprint density at radius 2 is 1.55 bits per heavy atom. The zero-order valence-corrected chi connectivity index (χ0v) is 8.43. The van der Waals surface area contributed by atoms with Crippen LogP contribution in [0.1, 0.15) is 47.0 Å². The summed E-state index contributed by atoms with van der Waals surface area (Å²) in [5.74, 6) is 1.69. The maximum atomic E-state index is 5.68. The molecule has 0 rings (SSSR count). The van der Waals surface area contributed by atoms with Gasteiger partial charge in [-0.1, -0.05) is 27.2 Å². The van der Waals surface area contributed by atoms with Crippen molar-refractivity contribution >= 4 is 0 Å². The summed E-state index contributed by atoms with van der Waals surface area (Å²) in [4.78, 5) is 0. The number of rotatable bonds is 5. The van der Waals surface area contributed by atoms with Gasteiger partial charge in [-0.25, -0.2) is 0 Å². The van der Waals surface area contributed by atoms with Gasteiger partial charge in [0, 0.05) is 6.04 Å². The lowest BCUT2D eigenvalue weighted by atomic mass is 9.89. The van der Waals surface area contributed by atoms with Crippen molar-refractivity contribution in [2.24, 2.45) is 17.6 Å². The van der Waals surface area contributed by atoms with Gasteiger partial charge in [0.25, 0.3) is 0 Å². The fraction of sp³-hybridized carbons (Fsp3) is 1.00. The van der Waals surface area contributed by atoms with Crippen molar-refractivity contribution in [3.05, 3.63) is 0 Å². The first kappa shape index (κ1) is 11.0. The Bertz CT molecular complexity index is 88.9. The van der Waals surface area contributed by atoms with Gasteiger partial charge in [0.2, 0.25) is 0 Å². The van der Waals surface area contributed by atoms with Gasteiger partial charge in [-0.05, 0) is 31.6 Å². The van der Waals surface area contributed by atoms with Crippen LogP contribution < -0.4 is 5.73 Å². The Kier molecular flexibility index (Phi) is 5.57. The molecule has 0 aliphatic carbocycles. The molecule has 0 aromatic carbocycles. The van der Waals surface area contributed by atoms with Crippen LogP contribution in [0.2, 0.25) is 0 Å². The van der Waals surface area contributed by atoms with Gasteiger partial charge in [0.15, 0.2) is 0 Å². The third kappa shape index (κ3) is 5.25. The Balaban J connectivity index is 3.43. The van der Waals surface area contributed by atoms with E-state index in [4.69, 9.17) is 5.73 Å². The van der Waals surface area contributed by atoms with E-state index >= 15 is 0 Å². The Hall–Kier alpha value is -0.0400. The third-order valence-corrected chi connectivity index (χ3v) is 2.69. The van der Waals surface area contributed by atoms with Crippen LogP contribution in [0, 0.1) is 11.8 Å². The molecule has 0 aliphatic rings. The second-order valence-electron chi connectivity index (χ2n) is 3.92. The van der Waals surface area contributed by atoms with Crippen molar-refractivity contribution < 1.29 is 0 Å². The highest BCUT2D eigenvalue weighted by Crippen LogP contribution is 2.19. The highest BCUT2D eigenvalue weighted by atomic mass is 14.6. The fourth-order valence-corrected chi connectivity index (χ4v) is 1.21. The number of nitrogens with two attached hydrogens (primary N) is 1. The van der Waals surface area contributed by atoms with Crippen LogP contribution in [0.25, 0.3) is 0 Å². The first-order chi connectivity index (χ1) is 5.07. The topological polar surface area (TPSA) is 26.0 Å². The molecular weight excluding hydrogens is 134 g/mol. The molecule has 0 aromatic heterocycles. The fourth-order valence-electron chi connectivity index (χ4n) is 1.21. The van der Waals surface area contributed by atoms with Crippen molar-refractivity contribution in [1.82, 2.24) is 0 Å². The van der Waals surface area contributed by atoms with Gasteiger partial charge < -0.3 is 5.73 Å². The maximum absolute atomic E-state index is 5.68. The summed E-state index contributed by atoms with van der Waals surface area (Å²) >= 11 is 0. The molecule has 0 spiro atoms. The monoisotopic (exact) mass is 157 g/mol. The third-order valence-electron chi connectivity index (χ3n) is 2.69. The highest BCUT2D eigenvalue weighted by molar-refractivity contribution is 4.63. The molecule has 0 amide bonds. The smallest absolute Gasteiger partial charge is 0.00105 e. The lowest BCUT2D eigenvalue weighted by molar-refractivity contribution is 0.339. The summed E-state index contributed by atoms with van der Waals surface area (Å²) in [6, 6.07) is 0.376. The lowest BCUT2D eigenvalue weighted by Crippen LogP contribution is -2.17. The quantitative estimate of drug-likeness (QED) is 0.652. The molecule has 2 N–H and O–H groups in total. The van der Waals surface area contributed by atoms with Gasteiger partial charge in [0.1, 0.15) is 0 Å². The molecule has 3 atom stereocenters. The Labute approximate surface area is 71.4 Å². The lowest BCUT2D eigenvalue weighted by Gasteiger charge is -2.18. The predicted octanol–water partition coefficient (Wildman–Crippen LogP) is 2.80. The molecule has 0 heterocycles. The van der Waals surface area contributed by atoms with Crippen LogP contribution in [-0.4, -0.2) is 6.04 Å². The normalized spacial score (nSPS) is 19.4. The molecule has 3 unspecified atom stereocenters. The zero-order valence-electron chi connectivity index (χ0n) is 8.43. The summed E-state index contributed by atoms with van der Waals surface area (Å²) in [6.45, 7) is 9.00. The molecule has 0 saturated carbocycles. The number of hydrogen-bond acceptors (Lipinski definition) is 1. The second kappa shape index (κ2) is 5.59. The van der Waals surface area contributed by atoms with Crippen LogP contribution in [0.15, 0.2) is 0 Å². The van der Waals surface area contributed by atoms with Crippen LogP contribution in [-0.2, 0) is 0 Å². The van der Waals surface area contributed by atoms with E-state index in [1.807, 2.05) is 0 Å². The van der Waals surface area contributed by atoms with E-state index in [-0.39, 0.29) is 0 Å². The first-order valence-corrected chi connectivity index (χ1v) is 4.83. The van der Waals surface area contributed by atoms with Gasteiger partial charge in [0.05, 0.1) is 0 Å². The summed E-state index contributed by atoms with van der Waals surface area (Å²) in [5.41, 5.74) is 5.68. The summed E-state index contributed by atoms with van der Waals surface area (Å²) in [5, 5.41) is 0. The molecule has 0 radical (unpaired) electrons. The van der Waals surface area contributed by atoms with Crippen LogP contribution in [0.4, 0.5) is 0 Å². The summed E-state index contributed by atoms with van der Waals surface area (Å²) in [7, 11) is 0. The molecule has 68 valence electrons. The van der Waals surface area contributed by atoms with Crippen molar-refractivity contribution in [3.63, 3.8) is 0 Å². The molecule has 0 bridgehead atoms. The summed E-state index contributed by atoms with van der Waals surface area (Å²) in [6.07, 6.45) is 3.75. The SMILES string of the molecule is CCC(C)C(C)CCC(C)N. The van der Waals surface area contributed by atoms with E-state index in [9.17, 15) is 0 Å². The van der Waals surface area contributed by atoms with Crippen molar-refractivity contribution in [2.75, 3.05) is 0 Å². The zero-order chi connectivity index (χ0) is 8.85. The second-order valence-corrected chi connectivity index (χ2v) is 3.92. The average molecular weight is 157 g/mol. The largest absolute Gasteiger partial charge is 0.328 e. The molecule has 1 heteroatoms. The van der Waals surface area contributed by atoms with E-state index in [0.717, 1.165) is 11.8 Å². The number of hydrogen-bond donors (Lipinski definition) is 1. The molecule has 0 saturated heterocycles. The van der Waals surface area contributed by atoms with E-state index in [0.29, 0.717) is 6.04 Å². The van der Waals surface area contributed by atoms with E-state index < -0.39 is 0 Å². The Morgan fingerprint density at radius 3 is 1.91 bits per heavy atom. The van der Waals surface area contributed by atoms with E-state index in [2.05, 4.69) is 27.7 Å². The first-order valence-electron chi connectivity index (χ1n) is 4.83. The molecule has 11 heavy (non-hydrogen) atoms. The molecule has 0 aromatic rings. The van der Waals surface area contributed by atoms with E-state index in [1.54, 1.807) is 0 Å². The van der Waals surface area contributed by atoms with Crippen LogP contribution in [0.3, 0.4) is 0 Å².